The number of rotatable bonds is 4. The largest absolute Gasteiger partial charge is 0.454 e. The van der Waals surface area contributed by atoms with Gasteiger partial charge in [0, 0.05) is 30.1 Å². The number of carbonyl (C=O) groups is 2. The summed E-state index contributed by atoms with van der Waals surface area (Å²) in [5.41, 5.74) is 3.19. The smallest absolute Gasteiger partial charge is 0.274 e. The molecule has 2 aromatic carbocycles. The second-order valence-electron chi connectivity index (χ2n) is 8.43. The first-order valence-corrected chi connectivity index (χ1v) is 11.1. The van der Waals surface area contributed by atoms with Crippen LogP contribution in [-0.2, 0) is 16.0 Å². The van der Waals surface area contributed by atoms with Gasteiger partial charge in [-0.3, -0.25) is 9.59 Å². The monoisotopic (exact) mass is 459 g/mol. The molecule has 0 N–H and O–H groups in total. The van der Waals surface area contributed by atoms with Crippen LogP contribution in [0.3, 0.4) is 0 Å². The van der Waals surface area contributed by atoms with Crippen molar-refractivity contribution in [2.45, 2.75) is 32.2 Å². The molecular formula is C24H21N5O5. The van der Waals surface area contributed by atoms with E-state index in [0.29, 0.717) is 35.0 Å². The highest BCUT2D eigenvalue weighted by atomic mass is 16.7. The molecule has 1 unspecified atom stereocenters. The average molecular weight is 459 g/mol. The molecule has 0 spiro atoms. The number of anilines is 1. The molecule has 0 bridgehead atoms. The Hall–Kier alpha value is -4.21. The fourth-order valence-corrected chi connectivity index (χ4v) is 4.52. The number of para-hydroxylation sites is 1. The number of hydrogen-bond acceptors (Lipinski definition) is 8. The van der Waals surface area contributed by atoms with Gasteiger partial charge in [-0.2, -0.15) is 10.1 Å². The van der Waals surface area contributed by atoms with E-state index in [1.165, 1.54) is 5.01 Å². The van der Waals surface area contributed by atoms with Crippen LogP contribution in [0.25, 0.3) is 11.4 Å². The van der Waals surface area contributed by atoms with E-state index in [2.05, 4.69) is 15.2 Å². The molecule has 1 atom stereocenters. The predicted octanol–water partition coefficient (Wildman–Crippen LogP) is 2.77. The number of nitrogens with zero attached hydrogens (tertiary/aromatic N) is 5. The molecule has 4 heterocycles. The lowest BCUT2D eigenvalue weighted by Crippen LogP contribution is -2.44. The van der Waals surface area contributed by atoms with Crippen molar-refractivity contribution in [3.63, 3.8) is 0 Å². The zero-order valence-electron chi connectivity index (χ0n) is 18.4. The number of benzene rings is 2. The second-order valence-corrected chi connectivity index (χ2v) is 8.43. The van der Waals surface area contributed by atoms with E-state index >= 15 is 0 Å². The Labute approximate surface area is 194 Å². The van der Waals surface area contributed by atoms with Gasteiger partial charge in [0.2, 0.25) is 24.4 Å². The maximum Gasteiger partial charge on any atom is 0.274 e. The summed E-state index contributed by atoms with van der Waals surface area (Å²) in [6.45, 7) is 2.03. The van der Waals surface area contributed by atoms with Crippen LogP contribution in [0, 0.1) is 0 Å². The SMILES string of the molecule is CC1Cc2ccccc2N1C(=O)CN1N=C(c2nc(-c3ccc4c(c3)OCO4)no2)CCC1=O. The molecule has 10 nitrogen and oxygen atoms in total. The van der Waals surface area contributed by atoms with Gasteiger partial charge in [0.25, 0.3) is 5.89 Å². The zero-order chi connectivity index (χ0) is 23.2. The summed E-state index contributed by atoms with van der Waals surface area (Å²) >= 11 is 0. The minimum absolute atomic E-state index is 0.0217. The van der Waals surface area contributed by atoms with Crippen molar-refractivity contribution in [1.29, 1.82) is 0 Å². The van der Waals surface area contributed by atoms with Crippen molar-refractivity contribution >= 4 is 23.2 Å². The summed E-state index contributed by atoms with van der Waals surface area (Å²) < 4.78 is 16.2. The quantitative estimate of drug-likeness (QED) is 0.590. The number of hydrogen-bond donors (Lipinski definition) is 0. The molecule has 172 valence electrons. The van der Waals surface area contributed by atoms with Gasteiger partial charge in [-0.05, 0) is 43.2 Å². The molecule has 0 fully saturated rings. The highest BCUT2D eigenvalue weighted by Crippen LogP contribution is 2.35. The van der Waals surface area contributed by atoms with Gasteiger partial charge >= 0.3 is 0 Å². The molecule has 10 heteroatoms. The van der Waals surface area contributed by atoms with Crippen LogP contribution in [0.4, 0.5) is 5.69 Å². The normalized spacial score (nSPS) is 18.8. The van der Waals surface area contributed by atoms with Crippen LogP contribution < -0.4 is 14.4 Å². The highest BCUT2D eigenvalue weighted by Gasteiger charge is 2.33. The Morgan fingerprint density at radius 3 is 2.88 bits per heavy atom. The third kappa shape index (κ3) is 3.47. The summed E-state index contributed by atoms with van der Waals surface area (Å²) in [6.07, 6.45) is 1.35. The van der Waals surface area contributed by atoms with E-state index in [-0.39, 0.29) is 43.5 Å². The predicted molar refractivity (Wildman–Crippen MR) is 120 cm³/mol. The minimum Gasteiger partial charge on any atom is -0.454 e. The summed E-state index contributed by atoms with van der Waals surface area (Å²) in [4.78, 5) is 31.9. The van der Waals surface area contributed by atoms with Gasteiger partial charge in [0.15, 0.2) is 11.5 Å². The van der Waals surface area contributed by atoms with Gasteiger partial charge in [0.05, 0.1) is 0 Å². The number of ether oxygens (including phenoxy) is 2. The van der Waals surface area contributed by atoms with E-state index < -0.39 is 0 Å². The van der Waals surface area contributed by atoms with Crippen molar-refractivity contribution < 1.29 is 23.6 Å². The number of fused-ring (bicyclic) bond motifs is 2. The standard InChI is InChI=1S/C24H21N5O5/c1-14-10-15-4-2-3-5-18(15)29(14)22(31)12-28-21(30)9-7-17(26-28)24-25-23(27-34-24)16-6-8-19-20(11-16)33-13-32-19/h2-6,8,11,14H,7,9-10,12-13H2,1H3. The number of hydrazone groups is 1. The second kappa shape index (κ2) is 7.98. The molecule has 2 amide bonds. The fourth-order valence-electron chi connectivity index (χ4n) is 4.52. The fraction of sp³-hybridized carbons (Fsp3) is 0.292. The summed E-state index contributed by atoms with van der Waals surface area (Å²) in [6, 6.07) is 13.2. The lowest BCUT2D eigenvalue weighted by molar-refractivity contribution is -0.135. The molecule has 3 aliphatic heterocycles. The number of amides is 2. The molecule has 3 aromatic rings. The van der Waals surface area contributed by atoms with E-state index in [4.69, 9.17) is 14.0 Å². The van der Waals surface area contributed by atoms with Crippen molar-refractivity contribution in [1.82, 2.24) is 15.1 Å². The van der Waals surface area contributed by atoms with Crippen LogP contribution in [0.15, 0.2) is 52.1 Å². The molecule has 1 aromatic heterocycles. The lowest BCUT2D eigenvalue weighted by atomic mass is 10.1. The maximum atomic E-state index is 13.1. The van der Waals surface area contributed by atoms with Gasteiger partial charge in [-0.1, -0.05) is 23.4 Å². The van der Waals surface area contributed by atoms with Gasteiger partial charge in [-0.15, -0.1) is 0 Å². The third-order valence-corrected chi connectivity index (χ3v) is 6.17. The minimum atomic E-state index is -0.215. The summed E-state index contributed by atoms with van der Waals surface area (Å²) in [5, 5.41) is 9.66. The topological polar surface area (TPSA) is 110 Å². The summed E-state index contributed by atoms with van der Waals surface area (Å²) in [7, 11) is 0. The summed E-state index contributed by atoms with van der Waals surface area (Å²) in [5.74, 6) is 1.48. The third-order valence-electron chi connectivity index (χ3n) is 6.17. The van der Waals surface area contributed by atoms with Crippen molar-refractivity contribution in [2.24, 2.45) is 5.10 Å². The highest BCUT2D eigenvalue weighted by molar-refractivity contribution is 6.03. The lowest BCUT2D eigenvalue weighted by Gasteiger charge is -2.27. The Kier molecular flexibility index (Phi) is 4.79. The number of aromatic nitrogens is 2. The van der Waals surface area contributed by atoms with Crippen LogP contribution in [-0.4, -0.2) is 52.1 Å². The number of carbonyl (C=O) groups excluding carboxylic acids is 2. The zero-order valence-corrected chi connectivity index (χ0v) is 18.4. The van der Waals surface area contributed by atoms with Crippen LogP contribution >= 0.6 is 0 Å². The average Bonchev–Trinajstić information content (AvgIpc) is 3.57. The molecule has 34 heavy (non-hydrogen) atoms. The van der Waals surface area contributed by atoms with Gasteiger partial charge in [-0.25, -0.2) is 5.01 Å². The van der Waals surface area contributed by atoms with E-state index in [1.807, 2.05) is 37.3 Å². The van der Waals surface area contributed by atoms with Crippen molar-refractivity contribution in [2.75, 3.05) is 18.2 Å². The van der Waals surface area contributed by atoms with Crippen LogP contribution in [0.2, 0.25) is 0 Å². The van der Waals surface area contributed by atoms with Gasteiger partial charge < -0.3 is 18.9 Å². The Morgan fingerprint density at radius 1 is 1.12 bits per heavy atom. The first kappa shape index (κ1) is 20.4. The first-order valence-electron chi connectivity index (χ1n) is 11.1. The Balaban J connectivity index is 1.22. The Bertz CT molecular complexity index is 1330. The van der Waals surface area contributed by atoms with Crippen molar-refractivity contribution in [3.05, 3.63) is 53.9 Å². The van der Waals surface area contributed by atoms with Gasteiger partial charge in [0.1, 0.15) is 12.3 Å². The molecule has 0 aliphatic carbocycles. The molecule has 3 aliphatic rings. The van der Waals surface area contributed by atoms with Crippen molar-refractivity contribution in [3.8, 4) is 22.9 Å². The van der Waals surface area contributed by atoms with E-state index in [9.17, 15) is 9.59 Å². The first-order chi connectivity index (χ1) is 16.6. The molecule has 0 radical (unpaired) electrons. The van der Waals surface area contributed by atoms with Crippen LogP contribution in [0.5, 0.6) is 11.5 Å². The maximum absolute atomic E-state index is 13.1. The Morgan fingerprint density at radius 2 is 1.97 bits per heavy atom. The molecule has 0 saturated carbocycles. The molecule has 6 rings (SSSR count). The van der Waals surface area contributed by atoms with E-state index in [1.54, 1.807) is 17.0 Å². The molecular weight excluding hydrogens is 438 g/mol. The van der Waals surface area contributed by atoms with Crippen LogP contribution in [0.1, 0.15) is 31.2 Å². The molecule has 0 saturated heterocycles. The van der Waals surface area contributed by atoms with E-state index in [0.717, 1.165) is 17.7 Å².